The van der Waals surface area contributed by atoms with Gasteiger partial charge in [-0.3, -0.25) is 4.57 Å². The second kappa shape index (κ2) is 6.45. The molecule has 0 bridgehead atoms. The van der Waals surface area contributed by atoms with E-state index >= 15 is 0 Å². The van der Waals surface area contributed by atoms with E-state index in [1.807, 2.05) is 18.2 Å². The largest absolute Gasteiger partial charge is 0.394 e. The van der Waals surface area contributed by atoms with E-state index < -0.39 is 31.1 Å². The lowest BCUT2D eigenvalue weighted by Crippen LogP contribution is -2.33. The standard InChI is InChI=1S/C16H17N5O4/c22-6-10-12(23)13(24)16(25-10)21-8-20-11-14(18-7-19-15(11)21)17-5-9-3-1-2-4-9/h1-3,5,7-8,10,12-13,16,22-24H,4,6H2/t10-,12?,13+,16-/m1/s1. The van der Waals surface area contributed by atoms with E-state index in [1.165, 1.54) is 17.2 Å². The minimum Gasteiger partial charge on any atom is -0.394 e. The first-order chi connectivity index (χ1) is 12.2. The molecule has 1 fully saturated rings. The average Bonchev–Trinajstić information content (AvgIpc) is 3.34. The second-order valence-electron chi connectivity index (χ2n) is 5.88. The van der Waals surface area contributed by atoms with E-state index in [0.717, 1.165) is 12.0 Å². The normalized spacial score (nSPS) is 29.2. The van der Waals surface area contributed by atoms with Crippen molar-refractivity contribution in [3.63, 3.8) is 0 Å². The number of aromatic nitrogens is 4. The highest BCUT2D eigenvalue weighted by Gasteiger charge is 2.44. The van der Waals surface area contributed by atoms with Gasteiger partial charge in [0.25, 0.3) is 0 Å². The lowest BCUT2D eigenvalue weighted by molar-refractivity contribution is -0.0511. The molecule has 2 aliphatic rings. The van der Waals surface area contributed by atoms with Crippen LogP contribution in [0.15, 0.2) is 41.4 Å². The summed E-state index contributed by atoms with van der Waals surface area (Å²) in [4.78, 5) is 17.0. The van der Waals surface area contributed by atoms with Crippen LogP contribution in [0.3, 0.4) is 0 Å². The molecule has 2 aromatic heterocycles. The summed E-state index contributed by atoms with van der Waals surface area (Å²) in [6, 6.07) is 0. The Kier molecular flexibility index (Phi) is 4.14. The van der Waals surface area contributed by atoms with E-state index in [-0.39, 0.29) is 0 Å². The van der Waals surface area contributed by atoms with E-state index in [2.05, 4.69) is 19.9 Å². The zero-order chi connectivity index (χ0) is 17.4. The van der Waals surface area contributed by atoms with Crippen molar-refractivity contribution in [1.82, 2.24) is 19.5 Å². The third kappa shape index (κ3) is 2.76. The first kappa shape index (κ1) is 16.0. The van der Waals surface area contributed by atoms with Gasteiger partial charge < -0.3 is 20.1 Å². The third-order valence-electron chi connectivity index (χ3n) is 4.28. The van der Waals surface area contributed by atoms with Crippen molar-refractivity contribution in [3.05, 3.63) is 36.5 Å². The molecule has 0 amide bonds. The molecule has 0 spiro atoms. The Bertz CT molecular complexity index is 875. The number of hydrogen-bond donors (Lipinski definition) is 3. The van der Waals surface area contributed by atoms with Crippen LogP contribution < -0.4 is 0 Å². The quantitative estimate of drug-likeness (QED) is 0.668. The molecule has 9 heteroatoms. The van der Waals surface area contributed by atoms with Gasteiger partial charge in [0.05, 0.1) is 12.9 Å². The van der Waals surface area contributed by atoms with Crippen LogP contribution in [0.1, 0.15) is 12.6 Å². The Morgan fingerprint density at radius 3 is 2.88 bits per heavy atom. The van der Waals surface area contributed by atoms with E-state index in [1.54, 1.807) is 6.21 Å². The Hall–Kier alpha value is -2.46. The van der Waals surface area contributed by atoms with Gasteiger partial charge in [-0.2, -0.15) is 0 Å². The predicted octanol–water partition coefficient (Wildman–Crippen LogP) is 0.0264. The molecule has 0 saturated carbocycles. The molecule has 3 heterocycles. The molecule has 1 unspecified atom stereocenters. The van der Waals surface area contributed by atoms with Crippen LogP contribution in [0.2, 0.25) is 0 Å². The van der Waals surface area contributed by atoms with Gasteiger partial charge in [0.15, 0.2) is 23.2 Å². The summed E-state index contributed by atoms with van der Waals surface area (Å²) in [5.41, 5.74) is 1.95. The monoisotopic (exact) mass is 343 g/mol. The van der Waals surface area contributed by atoms with Crippen LogP contribution in [-0.4, -0.2) is 66.0 Å². The number of ether oxygens (including phenoxy) is 1. The summed E-state index contributed by atoms with van der Waals surface area (Å²) >= 11 is 0. The Morgan fingerprint density at radius 2 is 2.16 bits per heavy atom. The summed E-state index contributed by atoms with van der Waals surface area (Å²) in [5, 5.41) is 29.3. The summed E-state index contributed by atoms with van der Waals surface area (Å²) in [6.07, 6.45) is 7.19. The highest BCUT2D eigenvalue weighted by molar-refractivity contribution is 5.88. The van der Waals surface area contributed by atoms with Crippen molar-refractivity contribution in [2.24, 2.45) is 4.99 Å². The fourth-order valence-corrected chi connectivity index (χ4v) is 2.93. The van der Waals surface area contributed by atoms with Gasteiger partial charge in [-0.05, 0) is 12.0 Å². The van der Waals surface area contributed by atoms with Crippen molar-refractivity contribution < 1.29 is 20.1 Å². The fraction of sp³-hybridized carbons (Fsp3) is 0.375. The lowest BCUT2D eigenvalue weighted by atomic mass is 10.1. The third-order valence-corrected chi connectivity index (χ3v) is 4.28. The molecule has 25 heavy (non-hydrogen) atoms. The number of nitrogens with zero attached hydrogens (tertiary/aromatic N) is 5. The van der Waals surface area contributed by atoms with E-state index in [0.29, 0.717) is 17.0 Å². The molecule has 0 aromatic carbocycles. The van der Waals surface area contributed by atoms with Gasteiger partial charge >= 0.3 is 0 Å². The topological polar surface area (TPSA) is 126 Å². The second-order valence-corrected chi connectivity index (χ2v) is 5.88. The molecule has 1 aliphatic heterocycles. The van der Waals surface area contributed by atoms with E-state index in [9.17, 15) is 15.3 Å². The highest BCUT2D eigenvalue weighted by atomic mass is 16.6. The molecule has 1 saturated heterocycles. The number of imidazole rings is 1. The lowest BCUT2D eigenvalue weighted by Gasteiger charge is -2.16. The minimum absolute atomic E-state index is 0.394. The van der Waals surface area contributed by atoms with Crippen LogP contribution in [0, 0.1) is 0 Å². The van der Waals surface area contributed by atoms with Crippen molar-refractivity contribution in [1.29, 1.82) is 0 Å². The Morgan fingerprint density at radius 1 is 1.28 bits per heavy atom. The van der Waals surface area contributed by atoms with Crippen molar-refractivity contribution in [3.8, 4) is 0 Å². The smallest absolute Gasteiger partial charge is 0.183 e. The van der Waals surface area contributed by atoms with E-state index in [4.69, 9.17) is 4.74 Å². The molecule has 130 valence electrons. The summed E-state index contributed by atoms with van der Waals surface area (Å²) < 4.78 is 7.04. The van der Waals surface area contributed by atoms with Gasteiger partial charge in [0.1, 0.15) is 24.6 Å². The van der Waals surface area contributed by atoms with Gasteiger partial charge in [-0.15, -0.1) is 0 Å². The maximum atomic E-state index is 10.2. The average molecular weight is 343 g/mol. The molecule has 4 rings (SSSR count). The van der Waals surface area contributed by atoms with Crippen LogP contribution >= 0.6 is 0 Å². The number of allylic oxidation sites excluding steroid dienone is 4. The summed E-state index contributed by atoms with van der Waals surface area (Å²) in [7, 11) is 0. The number of aliphatic hydroxyl groups excluding tert-OH is 3. The first-order valence-electron chi connectivity index (χ1n) is 7.89. The maximum Gasteiger partial charge on any atom is 0.183 e. The molecule has 1 aliphatic carbocycles. The molecule has 9 nitrogen and oxygen atoms in total. The zero-order valence-corrected chi connectivity index (χ0v) is 13.2. The summed E-state index contributed by atoms with van der Waals surface area (Å²) in [5.74, 6) is 0.406. The fourth-order valence-electron chi connectivity index (χ4n) is 2.93. The zero-order valence-electron chi connectivity index (χ0n) is 13.2. The SMILES string of the molecule is OC[C@H]1O[C@@H](n2cnc3c(N=CC4=CC=CC4)ncnc32)[C@@H](O)C1O. The van der Waals surface area contributed by atoms with Gasteiger partial charge in [0, 0.05) is 6.21 Å². The molecule has 4 atom stereocenters. The summed E-state index contributed by atoms with van der Waals surface area (Å²) in [6.45, 7) is -0.394. The van der Waals surface area contributed by atoms with Crippen LogP contribution in [0.4, 0.5) is 5.82 Å². The van der Waals surface area contributed by atoms with Gasteiger partial charge in [-0.1, -0.05) is 18.2 Å². The van der Waals surface area contributed by atoms with Crippen LogP contribution in [0.25, 0.3) is 11.2 Å². The first-order valence-corrected chi connectivity index (χ1v) is 7.89. The van der Waals surface area contributed by atoms with Gasteiger partial charge in [-0.25, -0.2) is 19.9 Å². The Balaban J connectivity index is 1.67. The minimum atomic E-state index is -1.20. The predicted molar refractivity (Wildman–Crippen MR) is 88.3 cm³/mol. The number of aliphatic imine (C=N–C) groups is 1. The molecular weight excluding hydrogens is 326 g/mol. The molecule has 2 aromatic rings. The molecule has 0 radical (unpaired) electrons. The number of aliphatic hydroxyl groups is 3. The highest BCUT2D eigenvalue weighted by Crippen LogP contribution is 2.32. The van der Waals surface area contributed by atoms with Crippen LogP contribution in [-0.2, 0) is 4.74 Å². The van der Waals surface area contributed by atoms with Crippen molar-refractivity contribution >= 4 is 23.2 Å². The van der Waals surface area contributed by atoms with Gasteiger partial charge in [0.2, 0.25) is 0 Å². The molecular formula is C16H17N5O4. The number of fused-ring (bicyclic) bond motifs is 1. The molecule has 3 N–H and O–H groups in total. The van der Waals surface area contributed by atoms with Crippen molar-refractivity contribution in [2.75, 3.05) is 6.61 Å². The van der Waals surface area contributed by atoms with Crippen LogP contribution in [0.5, 0.6) is 0 Å². The van der Waals surface area contributed by atoms with Crippen molar-refractivity contribution in [2.45, 2.75) is 31.0 Å². The number of hydrogen-bond acceptors (Lipinski definition) is 8. The maximum absolute atomic E-state index is 10.2. The number of rotatable bonds is 4. The Labute approximate surface area is 142 Å².